The van der Waals surface area contributed by atoms with E-state index in [0.717, 1.165) is 18.8 Å². The lowest BCUT2D eigenvalue weighted by molar-refractivity contribution is 0.245. The van der Waals surface area contributed by atoms with Gasteiger partial charge < -0.3 is 10.4 Å². The molecule has 0 amide bonds. The Balaban J connectivity index is 1.71. The maximum atomic E-state index is 8.91. The summed E-state index contributed by atoms with van der Waals surface area (Å²) >= 11 is 0. The molecule has 4 heteroatoms. The molecule has 82 valence electrons. The maximum absolute atomic E-state index is 8.91. The van der Waals surface area contributed by atoms with E-state index >= 15 is 0 Å². The van der Waals surface area contributed by atoms with Crippen molar-refractivity contribution in [2.75, 3.05) is 13.2 Å². The second-order valence-corrected chi connectivity index (χ2v) is 4.24. The summed E-state index contributed by atoms with van der Waals surface area (Å²) in [5, 5.41) is 12.3. The Morgan fingerprint density at radius 3 is 2.67 bits per heavy atom. The first-order chi connectivity index (χ1) is 7.35. The third kappa shape index (κ3) is 2.97. The van der Waals surface area contributed by atoms with Gasteiger partial charge in [-0.05, 0) is 30.7 Å². The van der Waals surface area contributed by atoms with Gasteiger partial charge in [0.05, 0.1) is 6.54 Å². The number of aliphatic hydroxyl groups is 1. The van der Waals surface area contributed by atoms with E-state index in [9.17, 15) is 0 Å². The van der Waals surface area contributed by atoms with Crippen molar-refractivity contribution in [1.29, 1.82) is 0 Å². The highest BCUT2D eigenvalue weighted by Gasteiger charge is 2.41. The van der Waals surface area contributed by atoms with E-state index in [4.69, 9.17) is 5.11 Å². The highest BCUT2D eigenvalue weighted by Crippen LogP contribution is 2.47. The first-order valence-corrected chi connectivity index (χ1v) is 5.42. The van der Waals surface area contributed by atoms with Crippen molar-refractivity contribution in [3.05, 3.63) is 24.3 Å². The highest BCUT2D eigenvalue weighted by atomic mass is 16.3. The van der Waals surface area contributed by atoms with Gasteiger partial charge in [-0.1, -0.05) is 0 Å². The molecule has 1 aromatic heterocycles. The van der Waals surface area contributed by atoms with Crippen LogP contribution in [0.3, 0.4) is 0 Å². The van der Waals surface area contributed by atoms with Crippen LogP contribution in [0.5, 0.6) is 0 Å². The molecule has 0 atom stereocenters. The average molecular weight is 207 g/mol. The summed E-state index contributed by atoms with van der Waals surface area (Å²) in [6.07, 6.45) is 6.89. The van der Waals surface area contributed by atoms with E-state index in [2.05, 4.69) is 15.3 Å². The van der Waals surface area contributed by atoms with Crippen LogP contribution in [0.4, 0.5) is 0 Å². The Kier molecular flexibility index (Phi) is 3.28. The molecule has 0 aliphatic heterocycles. The van der Waals surface area contributed by atoms with Crippen LogP contribution in [0.15, 0.2) is 18.5 Å². The van der Waals surface area contributed by atoms with Crippen LogP contribution in [-0.4, -0.2) is 28.2 Å². The van der Waals surface area contributed by atoms with Crippen molar-refractivity contribution in [3.63, 3.8) is 0 Å². The summed E-state index contributed by atoms with van der Waals surface area (Å²) in [6.45, 7) is 1.98. The second-order valence-electron chi connectivity index (χ2n) is 4.24. The molecule has 0 unspecified atom stereocenters. The molecule has 15 heavy (non-hydrogen) atoms. The number of nitrogens with one attached hydrogen (secondary N) is 1. The van der Waals surface area contributed by atoms with Crippen LogP contribution < -0.4 is 5.32 Å². The lowest BCUT2D eigenvalue weighted by Gasteiger charge is -2.13. The van der Waals surface area contributed by atoms with Crippen LogP contribution in [0, 0.1) is 5.41 Å². The summed E-state index contributed by atoms with van der Waals surface area (Å²) in [6, 6.07) is 1.82. The Bertz CT molecular complexity index is 298. The maximum Gasteiger partial charge on any atom is 0.141 e. The van der Waals surface area contributed by atoms with Crippen LogP contribution in [0.2, 0.25) is 0 Å². The normalized spacial score (nSPS) is 17.7. The van der Waals surface area contributed by atoms with Crippen molar-refractivity contribution in [1.82, 2.24) is 15.3 Å². The lowest BCUT2D eigenvalue weighted by atomic mass is 10.0. The molecule has 2 N–H and O–H groups in total. The molecule has 0 aromatic carbocycles. The van der Waals surface area contributed by atoms with E-state index in [1.807, 2.05) is 6.07 Å². The summed E-state index contributed by atoms with van der Waals surface area (Å²) in [5.41, 5.74) is 0.365. The third-order valence-corrected chi connectivity index (χ3v) is 3.00. The first kappa shape index (κ1) is 10.5. The molecule has 0 bridgehead atoms. The molecular formula is C11H17N3O. The number of aromatic nitrogens is 2. The molecule has 0 spiro atoms. The van der Waals surface area contributed by atoms with Gasteiger partial charge in [0.15, 0.2) is 0 Å². The largest absolute Gasteiger partial charge is 0.396 e. The molecular weight excluding hydrogens is 190 g/mol. The quantitative estimate of drug-likeness (QED) is 0.722. The van der Waals surface area contributed by atoms with Gasteiger partial charge in [-0.15, -0.1) is 0 Å². The molecule has 2 rings (SSSR count). The topological polar surface area (TPSA) is 58.0 Å². The van der Waals surface area contributed by atoms with E-state index < -0.39 is 0 Å². The van der Waals surface area contributed by atoms with E-state index in [0.29, 0.717) is 18.6 Å². The van der Waals surface area contributed by atoms with Gasteiger partial charge in [0.1, 0.15) is 5.82 Å². The summed E-state index contributed by atoms with van der Waals surface area (Å²) in [4.78, 5) is 8.28. The minimum absolute atomic E-state index is 0.295. The Morgan fingerprint density at radius 2 is 2.07 bits per heavy atom. The summed E-state index contributed by atoms with van der Waals surface area (Å²) in [5.74, 6) is 0.831. The van der Waals surface area contributed by atoms with E-state index in [1.54, 1.807) is 12.4 Å². The zero-order valence-electron chi connectivity index (χ0n) is 8.82. The minimum atomic E-state index is 0.295. The number of aliphatic hydroxyl groups excluding tert-OH is 1. The van der Waals surface area contributed by atoms with Gasteiger partial charge >= 0.3 is 0 Å². The Morgan fingerprint density at radius 1 is 1.33 bits per heavy atom. The van der Waals surface area contributed by atoms with Crippen molar-refractivity contribution >= 4 is 0 Å². The fourth-order valence-corrected chi connectivity index (χ4v) is 1.79. The van der Waals surface area contributed by atoms with Crippen LogP contribution in [0.1, 0.15) is 25.1 Å². The molecule has 0 radical (unpaired) electrons. The van der Waals surface area contributed by atoms with Crippen LogP contribution in [-0.2, 0) is 6.54 Å². The Labute approximate surface area is 89.8 Å². The fourth-order valence-electron chi connectivity index (χ4n) is 1.79. The van der Waals surface area contributed by atoms with Crippen molar-refractivity contribution < 1.29 is 5.11 Å². The molecule has 1 aromatic rings. The van der Waals surface area contributed by atoms with Gasteiger partial charge in [0.25, 0.3) is 0 Å². The predicted molar refractivity (Wildman–Crippen MR) is 57.1 cm³/mol. The molecule has 0 saturated heterocycles. The third-order valence-electron chi connectivity index (χ3n) is 3.00. The van der Waals surface area contributed by atoms with Gasteiger partial charge in [-0.3, -0.25) is 0 Å². The monoisotopic (exact) mass is 207 g/mol. The number of nitrogens with zero attached hydrogens (tertiary/aromatic N) is 2. The predicted octanol–water partition coefficient (Wildman–Crippen LogP) is 0.729. The van der Waals surface area contributed by atoms with Gasteiger partial charge in [-0.25, -0.2) is 9.97 Å². The summed E-state index contributed by atoms with van der Waals surface area (Å²) in [7, 11) is 0. The molecule has 1 aliphatic rings. The van der Waals surface area contributed by atoms with Crippen molar-refractivity contribution in [3.8, 4) is 0 Å². The lowest BCUT2D eigenvalue weighted by Crippen LogP contribution is -2.25. The SMILES string of the molecule is OCCC1(CNCc2ncccn2)CC1. The molecule has 4 nitrogen and oxygen atoms in total. The second kappa shape index (κ2) is 4.68. The minimum Gasteiger partial charge on any atom is -0.396 e. The van der Waals surface area contributed by atoms with Gasteiger partial charge in [0, 0.05) is 25.5 Å². The number of rotatable bonds is 6. The molecule has 1 fully saturated rings. The van der Waals surface area contributed by atoms with Gasteiger partial charge in [-0.2, -0.15) is 0 Å². The first-order valence-electron chi connectivity index (χ1n) is 5.42. The zero-order chi connectivity index (χ0) is 10.6. The molecule has 1 heterocycles. The smallest absolute Gasteiger partial charge is 0.141 e. The Hall–Kier alpha value is -1.00. The van der Waals surface area contributed by atoms with E-state index in [1.165, 1.54) is 12.8 Å². The fraction of sp³-hybridized carbons (Fsp3) is 0.636. The summed E-state index contributed by atoms with van der Waals surface area (Å²) < 4.78 is 0. The van der Waals surface area contributed by atoms with Crippen LogP contribution >= 0.6 is 0 Å². The van der Waals surface area contributed by atoms with Crippen molar-refractivity contribution in [2.24, 2.45) is 5.41 Å². The standard InChI is InChI=1S/C11H17N3O/c15-7-4-11(2-3-11)9-12-8-10-13-5-1-6-14-10/h1,5-6,12,15H,2-4,7-9H2. The van der Waals surface area contributed by atoms with Crippen LogP contribution in [0.25, 0.3) is 0 Å². The molecule has 1 aliphatic carbocycles. The highest BCUT2D eigenvalue weighted by molar-refractivity contribution is 4.95. The molecule has 1 saturated carbocycles. The van der Waals surface area contributed by atoms with Crippen molar-refractivity contribution in [2.45, 2.75) is 25.8 Å². The number of hydrogen-bond acceptors (Lipinski definition) is 4. The van der Waals surface area contributed by atoms with Gasteiger partial charge in [0.2, 0.25) is 0 Å². The number of hydrogen-bond donors (Lipinski definition) is 2. The zero-order valence-corrected chi connectivity index (χ0v) is 8.82. The average Bonchev–Trinajstić information content (AvgIpc) is 3.00. The van der Waals surface area contributed by atoms with E-state index in [-0.39, 0.29) is 0 Å².